The number of benzene rings is 1. The van der Waals surface area contributed by atoms with Crippen molar-refractivity contribution in [3.8, 4) is 0 Å². The second kappa shape index (κ2) is 4.94. The van der Waals surface area contributed by atoms with Crippen molar-refractivity contribution in [2.45, 2.75) is 13.5 Å². The van der Waals surface area contributed by atoms with Crippen LogP contribution < -0.4 is 10.6 Å². The quantitative estimate of drug-likeness (QED) is 0.705. The molecule has 0 fully saturated rings. The second-order valence-corrected chi connectivity index (χ2v) is 3.82. The molecule has 84 valence electrons. The van der Waals surface area contributed by atoms with Gasteiger partial charge in [-0.1, -0.05) is 12.1 Å². The van der Waals surface area contributed by atoms with Crippen LogP contribution in [0.5, 0.6) is 0 Å². The fourth-order valence-corrected chi connectivity index (χ4v) is 1.69. The predicted octanol–water partition coefficient (Wildman–Crippen LogP) is 1.55. The van der Waals surface area contributed by atoms with Crippen LogP contribution in [0, 0.1) is 0 Å². The van der Waals surface area contributed by atoms with Crippen molar-refractivity contribution in [1.82, 2.24) is 20.6 Å². The molecule has 0 unspecified atom stereocenters. The smallest absolute Gasteiger partial charge is 0.166 e. The van der Waals surface area contributed by atoms with E-state index < -0.39 is 0 Å². The Hall–Kier alpha value is -1.62. The lowest BCUT2D eigenvalue weighted by molar-refractivity contribution is 0.817. The Morgan fingerprint density at radius 1 is 1.38 bits per heavy atom. The van der Waals surface area contributed by atoms with E-state index in [-0.39, 0.29) is 0 Å². The van der Waals surface area contributed by atoms with Gasteiger partial charge in [-0.25, -0.2) is 4.98 Å². The maximum atomic E-state index is 5.07. The summed E-state index contributed by atoms with van der Waals surface area (Å²) in [6, 6.07) is 7.96. The van der Waals surface area contributed by atoms with E-state index in [4.69, 9.17) is 12.2 Å². The minimum atomic E-state index is 0.612. The van der Waals surface area contributed by atoms with Gasteiger partial charge >= 0.3 is 0 Å². The number of aromatic amines is 1. The van der Waals surface area contributed by atoms with Gasteiger partial charge in [0.2, 0.25) is 0 Å². The Morgan fingerprint density at radius 3 is 2.94 bits per heavy atom. The number of hydrogen-bond acceptors (Lipinski definition) is 2. The number of fused-ring (bicyclic) bond motifs is 1. The molecule has 5 heteroatoms. The Bertz CT molecular complexity index is 458. The molecule has 4 nitrogen and oxygen atoms in total. The third kappa shape index (κ3) is 2.49. The number of H-pyrrole nitrogens is 1. The Morgan fingerprint density at radius 2 is 2.19 bits per heavy atom. The molecular formula is C11H14N4S. The SMILES string of the molecule is CCNC(=S)NCc1nc2ccccc2[nH]1. The number of hydrogen-bond donors (Lipinski definition) is 3. The van der Waals surface area contributed by atoms with Crippen molar-refractivity contribution in [3.63, 3.8) is 0 Å². The average Bonchev–Trinajstić information content (AvgIpc) is 2.69. The molecule has 0 aliphatic rings. The molecule has 0 atom stereocenters. The van der Waals surface area contributed by atoms with Crippen LogP contribution in [-0.4, -0.2) is 21.6 Å². The Kier molecular flexibility index (Phi) is 3.36. The first-order valence-corrected chi connectivity index (χ1v) is 5.65. The van der Waals surface area contributed by atoms with E-state index in [0.717, 1.165) is 23.4 Å². The second-order valence-electron chi connectivity index (χ2n) is 3.41. The predicted molar refractivity (Wildman–Crippen MR) is 69.2 cm³/mol. The Balaban J connectivity index is 2.02. The van der Waals surface area contributed by atoms with Crippen LogP contribution in [0.3, 0.4) is 0 Å². The topological polar surface area (TPSA) is 52.7 Å². The molecule has 0 aliphatic carbocycles. The molecule has 0 bridgehead atoms. The van der Waals surface area contributed by atoms with Gasteiger partial charge in [-0.2, -0.15) is 0 Å². The van der Waals surface area contributed by atoms with E-state index in [9.17, 15) is 0 Å². The van der Waals surface area contributed by atoms with E-state index >= 15 is 0 Å². The molecular weight excluding hydrogens is 220 g/mol. The Labute approximate surface area is 99.5 Å². The molecule has 2 rings (SSSR count). The van der Waals surface area contributed by atoms with Crippen LogP contribution in [-0.2, 0) is 6.54 Å². The number of nitrogens with zero attached hydrogens (tertiary/aromatic N) is 1. The zero-order valence-electron chi connectivity index (χ0n) is 9.08. The van der Waals surface area contributed by atoms with Crippen LogP contribution in [0.15, 0.2) is 24.3 Å². The highest BCUT2D eigenvalue weighted by molar-refractivity contribution is 7.80. The van der Waals surface area contributed by atoms with Gasteiger partial charge in [0.1, 0.15) is 5.82 Å². The first kappa shape index (κ1) is 10.9. The lowest BCUT2D eigenvalue weighted by Crippen LogP contribution is -2.34. The van der Waals surface area contributed by atoms with Crippen molar-refractivity contribution in [1.29, 1.82) is 0 Å². The molecule has 0 saturated carbocycles. The van der Waals surface area contributed by atoms with E-state index in [0.29, 0.717) is 11.7 Å². The summed E-state index contributed by atoms with van der Waals surface area (Å²) in [5.74, 6) is 0.890. The van der Waals surface area contributed by atoms with Gasteiger partial charge in [-0.3, -0.25) is 0 Å². The van der Waals surface area contributed by atoms with Gasteiger partial charge in [0.25, 0.3) is 0 Å². The third-order valence-electron chi connectivity index (χ3n) is 2.19. The first-order valence-electron chi connectivity index (χ1n) is 5.25. The van der Waals surface area contributed by atoms with Gasteiger partial charge < -0.3 is 15.6 Å². The number of thiocarbonyl (C=S) groups is 1. The van der Waals surface area contributed by atoms with Crippen molar-refractivity contribution in [3.05, 3.63) is 30.1 Å². The maximum Gasteiger partial charge on any atom is 0.166 e. The zero-order chi connectivity index (χ0) is 11.4. The summed E-state index contributed by atoms with van der Waals surface area (Å²) in [4.78, 5) is 7.67. The fraction of sp³-hybridized carbons (Fsp3) is 0.273. The average molecular weight is 234 g/mol. The standard InChI is InChI=1S/C11H14N4S/c1-2-12-11(16)13-7-10-14-8-5-3-4-6-9(8)15-10/h3-6H,2,7H2,1H3,(H,14,15)(H2,12,13,16). The minimum absolute atomic E-state index is 0.612. The van der Waals surface area contributed by atoms with Gasteiger partial charge in [0.05, 0.1) is 17.6 Å². The molecule has 1 aromatic carbocycles. The highest BCUT2D eigenvalue weighted by Crippen LogP contribution is 2.09. The van der Waals surface area contributed by atoms with E-state index in [1.54, 1.807) is 0 Å². The van der Waals surface area contributed by atoms with E-state index in [2.05, 4.69) is 20.6 Å². The molecule has 1 aromatic heterocycles. The molecule has 0 aliphatic heterocycles. The number of imidazole rings is 1. The maximum absolute atomic E-state index is 5.07. The lowest BCUT2D eigenvalue weighted by atomic mass is 10.3. The zero-order valence-corrected chi connectivity index (χ0v) is 9.90. The first-order chi connectivity index (χ1) is 7.79. The summed E-state index contributed by atoms with van der Waals surface area (Å²) in [5, 5.41) is 6.77. The summed E-state index contributed by atoms with van der Waals surface area (Å²) in [5.41, 5.74) is 2.03. The summed E-state index contributed by atoms with van der Waals surface area (Å²) in [6.07, 6.45) is 0. The van der Waals surface area contributed by atoms with Crippen LogP contribution in [0.25, 0.3) is 11.0 Å². The third-order valence-corrected chi connectivity index (χ3v) is 2.48. The van der Waals surface area contributed by atoms with E-state index in [1.807, 2.05) is 31.2 Å². The van der Waals surface area contributed by atoms with Crippen LogP contribution >= 0.6 is 12.2 Å². The number of rotatable bonds is 3. The number of nitrogens with one attached hydrogen (secondary N) is 3. The molecule has 16 heavy (non-hydrogen) atoms. The largest absolute Gasteiger partial charge is 0.363 e. The molecule has 0 amide bonds. The van der Waals surface area contributed by atoms with Gasteiger partial charge in [-0.05, 0) is 31.3 Å². The fourth-order valence-electron chi connectivity index (χ4n) is 1.48. The number of para-hydroxylation sites is 2. The summed E-state index contributed by atoms with van der Waals surface area (Å²) < 4.78 is 0. The van der Waals surface area contributed by atoms with Crippen LogP contribution in [0.1, 0.15) is 12.7 Å². The molecule has 0 saturated heterocycles. The van der Waals surface area contributed by atoms with Crippen LogP contribution in [0.4, 0.5) is 0 Å². The van der Waals surface area contributed by atoms with Crippen molar-refractivity contribution < 1.29 is 0 Å². The minimum Gasteiger partial charge on any atom is -0.363 e. The van der Waals surface area contributed by atoms with Gasteiger partial charge in [0, 0.05) is 6.54 Å². The molecule has 0 radical (unpaired) electrons. The molecule has 1 heterocycles. The van der Waals surface area contributed by atoms with Gasteiger partial charge in [-0.15, -0.1) is 0 Å². The summed E-state index contributed by atoms with van der Waals surface area (Å²) in [7, 11) is 0. The molecule has 2 aromatic rings. The monoisotopic (exact) mass is 234 g/mol. The van der Waals surface area contributed by atoms with Crippen molar-refractivity contribution >= 4 is 28.4 Å². The normalized spacial score (nSPS) is 10.3. The molecule has 3 N–H and O–H groups in total. The highest BCUT2D eigenvalue weighted by atomic mass is 32.1. The molecule has 0 spiro atoms. The van der Waals surface area contributed by atoms with Crippen molar-refractivity contribution in [2.75, 3.05) is 6.54 Å². The van der Waals surface area contributed by atoms with Crippen molar-refractivity contribution in [2.24, 2.45) is 0 Å². The van der Waals surface area contributed by atoms with E-state index in [1.165, 1.54) is 0 Å². The highest BCUT2D eigenvalue weighted by Gasteiger charge is 2.01. The summed E-state index contributed by atoms with van der Waals surface area (Å²) >= 11 is 5.07. The summed E-state index contributed by atoms with van der Waals surface area (Å²) in [6.45, 7) is 3.45. The lowest BCUT2D eigenvalue weighted by Gasteiger charge is -2.06. The van der Waals surface area contributed by atoms with Crippen LogP contribution in [0.2, 0.25) is 0 Å². The number of aromatic nitrogens is 2. The van der Waals surface area contributed by atoms with Gasteiger partial charge in [0.15, 0.2) is 5.11 Å².